The number of halogens is 5. The maximum absolute atomic E-state index is 13.2. The second kappa shape index (κ2) is 9.11. The van der Waals surface area contributed by atoms with Crippen LogP contribution in [-0.4, -0.2) is 10.5 Å². The Morgan fingerprint density at radius 3 is 2.34 bits per heavy atom. The molecule has 2 aromatic carbocycles. The van der Waals surface area contributed by atoms with Crippen molar-refractivity contribution in [2.75, 3.05) is 5.32 Å². The van der Waals surface area contributed by atoms with Crippen molar-refractivity contribution in [1.82, 2.24) is 4.57 Å². The van der Waals surface area contributed by atoms with E-state index in [2.05, 4.69) is 5.32 Å². The molecule has 0 bridgehead atoms. The van der Waals surface area contributed by atoms with Gasteiger partial charge in [-0.25, -0.2) is 0 Å². The summed E-state index contributed by atoms with van der Waals surface area (Å²) in [6.07, 6.45) is -3.14. The molecule has 1 amide bonds. The molecular weight excluding hydrogens is 462 g/mol. The van der Waals surface area contributed by atoms with Gasteiger partial charge in [-0.3, -0.25) is 4.79 Å². The molecule has 0 aliphatic carbocycles. The Kier molecular flexibility index (Phi) is 6.68. The van der Waals surface area contributed by atoms with Crippen LogP contribution in [0, 0.1) is 25.2 Å². The molecule has 3 aromatic rings. The molecule has 32 heavy (non-hydrogen) atoms. The molecule has 0 unspecified atom stereocenters. The van der Waals surface area contributed by atoms with Gasteiger partial charge < -0.3 is 9.88 Å². The monoisotopic (exact) mass is 477 g/mol. The average Bonchev–Trinajstić information content (AvgIpc) is 3.00. The zero-order valence-electron chi connectivity index (χ0n) is 16.9. The van der Waals surface area contributed by atoms with E-state index in [4.69, 9.17) is 23.2 Å². The number of aryl methyl sites for hydroxylation is 1. The predicted octanol–water partition coefficient (Wildman–Crippen LogP) is 6.97. The fourth-order valence-corrected chi connectivity index (χ4v) is 3.53. The number of aromatic nitrogens is 1. The minimum atomic E-state index is -4.52. The van der Waals surface area contributed by atoms with Crippen LogP contribution in [0.3, 0.4) is 0 Å². The molecular formula is C23H16Cl2F3N3O. The smallest absolute Gasteiger partial charge is 0.321 e. The first-order valence-electron chi connectivity index (χ1n) is 9.26. The molecule has 0 atom stereocenters. The normalized spacial score (nSPS) is 11.9. The summed E-state index contributed by atoms with van der Waals surface area (Å²) in [6.45, 7) is 3.36. The van der Waals surface area contributed by atoms with Gasteiger partial charge in [-0.1, -0.05) is 23.2 Å². The molecule has 9 heteroatoms. The summed E-state index contributed by atoms with van der Waals surface area (Å²) < 4.78 is 41.1. The van der Waals surface area contributed by atoms with E-state index in [0.717, 1.165) is 12.1 Å². The number of anilines is 1. The Labute approximate surface area is 192 Å². The van der Waals surface area contributed by atoms with Crippen LogP contribution in [0.1, 0.15) is 22.5 Å². The molecule has 0 spiro atoms. The summed E-state index contributed by atoms with van der Waals surface area (Å²) in [5, 5.41) is 12.7. The molecule has 1 heterocycles. The van der Waals surface area contributed by atoms with Crippen molar-refractivity contribution >= 4 is 40.9 Å². The number of hydrogen-bond acceptors (Lipinski definition) is 2. The van der Waals surface area contributed by atoms with Crippen molar-refractivity contribution in [3.05, 3.63) is 86.7 Å². The quantitative estimate of drug-likeness (QED) is 0.325. The van der Waals surface area contributed by atoms with E-state index in [1.807, 2.05) is 6.07 Å². The number of benzene rings is 2. The van der Waals surface area contributed by atoms with Gasteiger partial charge >= 0.3 is 6.18 Å². The SMILES string of the molecule is Cc1cc(/C=C(\C#N)C(=O)Nc2ccc(Cl)cc2)c(C)n1-c1cc(C(F)(F)F)ccc1Cl. The van der Waals surface area contributed by atoms with Gasteiger partial charge in [0.25, 0.3) is 5.91 Å². The summed E-state index contributed by atoms with van der Waals surface area (Å²) in [5.41, 5.74) is 1.22. The van der Waals surface area contributed by atoms with Crippen molar-refractivity contribution in [1.29, 1.82) is 5.26 Å². The molecule has 3 rings (SSSR count). The highest BCUT2D eigenvalue weighted by Gasteiger charge is 2.31. The molecule has 164 valence electrons. The fourth-order valence-electron chi connectivity index (χ4n) is 3.20. The van der Waals surface area contributed by atoms with E-state index in [9.17, 15) is 23.2 Å². The minimum Gasteiger partial charge on any atom is -0.321 e. The first-order chi connectivity index (χ1) is 15.0. The number of nitrogens with zero attached hydrogens (tertiary/aromatic N) is 2. The molecule has 1 aromatic heterocycles. The van der Waals surface area contributed by atoms with Crippen LogP contribution in [0.4, 0.5) is 18.9 Å². The number of nitriles is 1. The Morgan fingerprint density at radius 1 is 1.09 bits per heavy atom. The van der Waals surface area contributed by atoms with Gasteiger partial charge in [-0.2, -0.15) is 18.4 Å². The lowest BCUT2D eigenvalue weighted by molar-refractivity contribution is -0.137. The predicted molar refractivity (Wildman–Crippen MR) is 119 cm³/mol. The first-order valence-corrected chi connectivity index (χ1v) is 10.0. The zero-order valence-corrected chi connectivity index (χ0v) is 18.4. The zero-order chi connectivity index (χ0) is 23.6. The van der Waals surface area contributed by atoms with Crippen LogP contribution >= 0.6 is 23.2 Å². The lowest BCUT2D eigenvalue weighted by Crippen LogP contribution is -2.13. The third-order valence-electron chi connectivity index (χ3n) is 4.75. The van der Waals surface area contributed by atoms with Crippen molar-refractivity contribution in [3.63, 3.8) is 0 Å². The van der Waals surface area contributed by atoms with Crippen LogP contribution in [-0.2, 0) is 11.0 Å². The Hall–Kier alpha value is -3.21. The standard InChI is InChI=1S/C23H16Cl2F3N3O/c1-13-9-15(10-16(12-29)22(32)30-19-6-4-18(24)5-7-19)14(2)31(13)21-11-17(23(26,27)28)3-8-20(21)25/h3-11H,1-2H3,(H,30,32)/b16-10+. The average molecular weight is 478 g/mol. The van der Waals surface area contributed by atoms with Crippen molar-refractivity contribution in [2.24, 2.45) is 0 Å². The summed E-state index contributed by atoms with van der Waals surface area (Å²) in [4.78, 5) is 12.5. The van der Waals surface area contributed by atoms with Crippen LogP contribution < -0.4 is 5.32 Å². The largest absolute Gasteiger partial charge is 0.416 e. The molecule has 0 saturated heterocycles. The number of carbonyl (C=O) groups excluding carboxylic acids is 1. The summed E-state index contributed by atoms with van der Waals surface area (Å²) in [6, 6.07) is 13.0. The Morgan fingerprint density at radius 2 is 1.75 bits per heavy atom. The fraction of sp³-hybridized carbons (Fsp3) is 0.130. The van der Waals surface area contributed by atoms with Crippen molar-refractivity contribution in [3.8, 4) is 11.8 Å². The summed E-state index contributed by atoms with van der Waals surface area (Å²) in [7, 11) is 0. The first kappa shape index (κ1) is 23.5. The van der Waals surface area contributed by atoms with Crippen molar-refractivity contribution in [2.45, 2.75) is 20.0 Å². The van der Waals surface area contributed by atoms with E-state index >= 15 is 0 Å². The topological polar surface area (TPSA) is 57.8 Å². The van der Waals surface area contributed by atoms with Gasteiger partial charge in [0.05, 0.1) is 16.3 Å². The molecule has 4 nitrogen and oxygen atoms in total. The maximum Gasteiger partial charge on any atom is 0.416 e. The Bertz CT molecular complexity index is 1250. The summed E-state index contributed by atoms with van der Waals surface area (Å²) in [5.74, 6) is -0.628. The van der Waals surface area contributed by atoms with E-state index in [1.165, 1.54) is 12.1 Å². The van der Waals surface area contributed by atoms with Gasteiger partial charge in [0, 0.05) is 22.1 Å². The van der Waals surface area contributed by atoms with Crippen LogP contribution in [0.5, 0.6) is 0 Å². The third-order valence-corrected chi connectivity index (χ3v) is 5.32. The molecule has 0 radical (unpaired) electrons. The third kappa shape index (κ3) is 4.98. The second-order valence-corrected chi connectivity index (χ2v) is 7.80. The number of rotatable bonds is 4. The number of hydrogen-bond donors (Lipinski definition) is 1. The van der Waals surface area contributed by atoms with Crippen LogP contribution in [0.15, 0.2) is 54.1 Å². The van der Waals surface area contributed by atoms with E-state index in [1.54, 1.807) is 48.7 Å². The van der Waals surface area contributed by atoms with Crippen LogP contribution in [0.2, 0.25) is 10.0 Å². The number of nitrogens with one attached hydrogen (secondary N) is 1. The van der Waals surface area contributed by atoms with Crippen molar-refractivity contribution < 1.29 is 18.0 Å². The van der Waals surface area contributed by atoms with E-state index < -0.39 is 17.6 Å². The highest BCUT2D eigenvalue weighted by Crippen LogP contribution is 2.35. The number of carbonyl (C=O) groups is 1. The molecule has 0 fully saturated rings. The van der Waals surface area contributed by atoms with Gasteiger partial charge in [-0.15, -0.1) is 0 Å². The Balaban J connectivity index is 2.00. The number of amides is 1. The summed E-state index contributed by atoms with van der Waals surface area (Å²) >= 11 is 12.0. The molecule has 0 saturated carbocycles. The molecule has 0 aliphatic heterocycles. The molecule has 0 aliphatic rings. The van der Waals surface area contributed by atoms with Gasteiger partial charge in [-0.05, 0) is 74.0 Å². The van der Waals surface area contributed by atoms with Gasteiger partial charge in [0.1, 0.15) is 11.6 Å². The van der Waals surface area contributed by atoms with Gasteiger partial charge in [0.2, 0.25) is 0 Å². The lowest BCUT2D eigenvalue weighted by atomic mass is 10.1. The minimum absolute atomic E-state index is 0.135. The highest BCUT2D eigenvalue weighted by molar-refractivity contribution is 6.32. The lowest BCUT2D eigenvalue weighted by Gasteiger charge is -2.15. The highest BCUT2D eigenvalue weighted by atomic mass is 35.5. The van der Waals surface area contributed by atoms with Gasteiger partial charge in [0.15, 0.2) is 0 Å². The van der Waals surface area contributed by atoms with E-state index in [0.29, 0.717) is 27.7 Å². The maximum atomic E-state index is 13.2. The second-order valence-electron chi connectivity index (χ2n) is 6.96. The molecule has 1 N–H and O–H groups in total. The number of alkyl halides is 3. The van der Waals surface area contributed by atoms with E-state index in [-0.39, 0.29) is 16.3 Å². The van der Waals surface area contributed by atoms with Crippen LogP contribution in [0.25, 0.3) is 11.8 Å².